The molecule has 0 N–H and O–H groups in total. The minimum atomic E-state index is -1.37. The Kier molecular flexibility index (Phi) is 3.99. The van der Waals surface area contributed by atoms with Gasteiger partial charge in [0.15, 0.2) is 11.4 Å². The molecule has 2 aliphatic rings. The second-order valence-corrected chi connectivity index (χ2v) is 8.44. The van der Waals surface area contributed by atoms with Crippen molar-refractivity contribution in [2.45, 2.75) is 32.3 Å². The summed E-state index contributed by atoms with van der Waals surface area (Å²) in [6.07, 6.45) is 0.431. The zero-order chi connectivity index (χ0) is 19.6. The van der Waals surface area contributed by atoms with E-state index >= 15 is 0 Å². The van der Waals surface area contributed by atoms with E-state index < -0.39 is 17.0 Å². The average molecular weight is 403 g/mol. The molecule has 27 heavy (non-hydrogen) atoms. The molecule has 0 amide bonds. The summed E-state index contributed by atoms with van der Waals surface area (Å²) in [7, 11) is 0. The van der Waals surface area contributed by atoms with Gasteiger partial charge in [0, 0.05) is 27.6 Å². The quantitative estimate of drug-likeness (QED) is 0.548. The molecule has 0 saturated carbocycles. The fourth-order valence-electron chi connectivity index (χ4n) is 3.91. The van der Waals surface area contributed by atoms with Crippen LogP contribution in [-0.4, -0.2) is 23.1 Å². The van der Waals surface area contributed by atoms with E-state index in [-0.39, 0.29) is 24.4 Å². The predicted molar refractivity (Wildman–Crippen MR) is 102 cm³/mol. The van der Waals surface area contributed by atoms with E-state index in [2.05, 4.69) is 0 Å². The lowest BCUT2D eigenvalue weighted by atomic mass is 9.85. The standard InChI is InChI=1S/C21H16Cl2O4/c1-20(9-11-7-13(22)3-5-15(11)17(20)24)19(26)27-21(2)10-12-8-14(23)4-6-16(12)18(21)25/h3-8H,9-10H2,1-2H3. The van der Waals surface area contributed by atoms with Crippen LogP contribution in [0.4, 0.5) is 0 Å². The van der Waals surface area contributed by atoms with Crippen LogP contribution in [0.15, 0.2) is 36.4 Å². The van der Waals surface area contributed by atoms with E-state index in [4.69, 9.17) is 27.9 Å². The molecule has 0 radical (unpaired) electrons. The van der Waals surface area contributed by atoms with Crippen molar-refractivity contribution >= 4 is 40.7 Å². The molecular weight excluding hydrogens is 387 g/mol. The van der Waals surface area contributed by atoms with Gasteiger partial charge < -0.3 is 4.74 Å². The topological polar surface area (TPSA) is 60.4 Å². The molecule has 0 fully saturated rings. The number of carbonyl (C=O) groups is 3. The van der Waals surface area contributed by atoms with Crippen LogP contribution in [-0.2, 0) is 22.4 Å². The molecule has 0 aromatic heterocycles. The van der Waals surface area contributed by atoms with Gasteiger partial charge in [-0.1, -0.05) is 23.2 Å². The average Bonchev–Trinajstić information content (AvgIpc) is 2.99. The third kappa shape index (κ3) is 2.70. The number of esters is 1. The van der Waals surface area contributed by atoms with Gasteiger partial charge in [0.05, 0.1) is 0 Å². The Hall–Kier alpha value is -2.17. The molecule has 138 valence electrons. The molecule has 4 nitrogen and oxygen atoms in total. The number of fused-ring (bicyclic) bond motifs is 2. The maximum absolute atomic E-state index is 13.0. The molecule has 6 heteroatoms. The highest BCUT2D eigenvalue weighted by Gasteiger charge is 2.53. The monoisotopic (exact) mass is 402 g/mol. The van der Waals surface area contributed by atoms with E-state index in [1.54, 1.807) is 50.2 Å². The van der Waals surface area contributed by atoms with Gasteiger partial charge in [-0.25, -0.2) is 0 Å². The van der Waals surface area contributed by atoms with E-state index in [1.807, 2.05) is 0 Å². The van der Waals surface area contributed by atoms with Crippen LogP contribution in [0.3, 0.4) is 0 Å². The van der Waals surface area contributed by atoms with Crippen molar-refractivity contribution in [2.24, 2.45) is 5.41 Å². The number of benzene rings is 2. The van der Waals surface area contributed by atoms with Crippen LogP contribution in [0.1, 0.15) is 45.7 Å². The maximum Gasteiger partial charge on any atom is 0.321 e. The third-order valence-corrected chi connectivity index (χ3v) is 5.92. The van der Waals surface area contributed by atoms with Crippen LogP contribution in [0.5, 0.6) is 0 Å². The number of hydrogen-bond acceptors (Lipinski definition) is 4. The van der Waals surface area contributed by atoms with Crippen molar-refractivity contribution in [3.8, 4) is 0 Å². The predicted octanol–water partition coefficient (Wildman–Crippen LogP) is 4.48. The molecule has 2 aliphatic carbocycles. The minimum Gasteiger partial charge on any atom is -0.450 e. The largest absolute Gasteiger partial charge is 0.450 e. The van der Waals surface area contributed by atoms with Crippen molar-refractivity contribution in [3.63, 3.8) is 0 Å². The number of hydrogen-bond donors (Lipinski definition) is 0. The molecule has 4 rings (SSSR count). The SMILES string of the molecule is CC1(OC(=O)C2(C)Cc3cc(Cl)ccc3C2=O)Cc2cc(Cl)ccc2C1=O. The molecule has 0 spiro atoms. The Bertz CT molecular complexity index is 1030. The summed E-state index contributed by atoms with van der Waals surface area (Å²) >= 11 is 12.0. The zero-order valence-electron chi connectivity index (χ0n) is 14.8. The summed E-state index contributed by atoms with van der Waals surface area (Å²) in [5, 5.41) is 1.02. The van der Waals surface area contributed by atoms with Gasteiger partial charge in [0.25, 0.3) is 0 Å². The first-order chi connectivity index (χ1) is 12.6. The Labute approximate surface area is 166 Å². The van der Waals surface area contributed by atoms with Gasteiger partial charge in [-0.15, -0.1) is 0 Å². The van der Waals surface area contributed by atoms with E-state index in [1.165, 1.54) is 0 Å². The van der Waals surface area contributed by atoms with Crippen LogP contribution in [0, 0.1) is 5.41 Å². The van der Waals surface area contributed by atoms with Gasteiger partial charge in [0.1, 0.15) is 5.41 Å². The smallest absolute Gasteiger partial charge is 0.321 e. The van der Waals surface area contributed by atoms with Gasteiger partial charge in [-0.2, -0.15) is 0 Å². The highest BCUT2D eigenvalue weighted by atomic mass is 35.5. The fourth-order valence-corrected chi connectivity index (χ4v) is 4.30. The van der Waals surface area contributed by atoms with Crippen molar-refractivity contribution < 1.29 is 19.1 Å². The van der Waals surface area contributed by atoms with E-state index in [9.17, 15) is 14.4 Å². The van der Waals surface area contributed by atoms with Crippen LogP contribution >= 0.6 is 23.2 Å². The first-order valence-corrected chi connectivity index (χ1v) is 9.29. The number of rotatable bonds is 2. The lowest BCUT2D eigenvalue weighted by molar-refractivity contribution is -0.161. The molecule has 2 aromatic rings. The fraction of sp³-hybridized carbons (Fsp3) is 0.286. The molecular formula is C21H16Cl2O4. The van der Waals surface area contributed by atoms with Crippen LogP contribution in [0.25, 0.3) is 0 Å². The van der Waals surface area contributed by atoms with E-state index in [0.717, 1.165) is 5.56 Å². The summed E-state index contributed by atoms with van der Waals surface area (Å²) < 4.78 is 5.67. The van der Waals surface area contributed by atoms with E-state index in [0.29, 0.717) is 26.7 Å². The third-order valence-electron chi connectivity index (χ3n) is 5.45. The maximum atomic E-state index is 13.0. The Morgan fingerprint density at radius 2 is 1.41 bits per heavy atom. The highest BCUT2D eigenvalue weighted by molar-refractivity contribution is 6.31. The highest BCUT2D eigenvalue weighted by Crippen LogP contribution is 2.41. The lowest BCUT2D eigenvalue weighted by Gasteiger charge is -2.28. The Morgan fingerprint density at radius 1 is 0.889 bits per heavy atom. The van der Waals surface area contributed by atoms with Crippen molar-refractivity contribution in [2.75, 3.05) is 0 Å². The summed E-state index contributed by atoms with van der Waals surface area (Å²) in [6, 6.07) is 9.91. The minimum absolute atomic E-state index is 0.198. The van der Waals surface area contributed by atoms with Crippen molar-refractivity contribution in [3.05, 3.63) is 68.7 Å². The second-order valence-electron chi connectivity index (χ2n) is 7.57. The van der Waals surface area contributed by atoms with Gasteiger partial charge in [0.2, 0.25) is 5.78 Å². The van der Waals surface area contributed by atoms with Crippen LogP contribution in [0.2, 0.25) is 10.0 Å². The summed E-state index contributed by atoms with van der Waals surface area (Å²) in [4.78, 5) is 38.7. The molecule has 0 heterocycles. The molecule has 0 bridgehead atoms. The lowest BCUT2D eigenvalue weighted by Crippen LogP contribution is -2.45. The summed E-state index contributed by atoms with van der Waals surface area (Å²) in [5.41, 5.74) is -0.308. The molecule has 2 atom stereocenters. The summed E-state index contributed by atoms with van der Waals surface area (Å²) in [6.45, 7) is 3.13. The molecule has 2 unspecified atom stereocenters. The van der Waals surface area contributed by atoms with Crippen molar-refractivity contribution in [1.82, 2.24) is 0 Å². The number of Topliss-reactive ketones (excluding diaryl/α,β-unsaturated/α-hetero) is 2. The Balaban J connectivity index is 1.62. The first-order valence-electron chi connectivity index (χ1n) is 8.54. The second kappa shape index (κ2) is 5.91. The van der Waals surface area contributed by atoms with Crippen molar-refractivity contribution in [1.29, 1.82) is 0 Å². The number of carbonyl (C=O) groups excluding carboxylic acids is 3. The van der Waals surface area contributed by atoms with Gasteiger partial charge in [-0.3, -0.25) is 14.4 Å². The van der Waals surface area contributed by atoms with Gasteiger partial charge in [-0.05, 0) is 67.8 Å². The zero-order valence-corrected chi connectivity index (χ0v) is 16.3. The normalized spacial score (nSPS) is 26.1. The Morgan fingerprint density at radius 3 is 2.00 bits per heavy atom. The summed E-state index contributed by atoms with van der Waals surface area (Å²) in [5.74, 6) is -1.29. The number of halogens is 2. The number of ether oxygens (including phenoxy) is 1. The number of ketones is 2. The first kappa shape index (κ1) is 18.2. The molecule has 0 aliphatic heterocycles. The molecule has 2 aromatic carbocycles. The van der Waals surface area contributed by atoms with Crippen LogP contribution < -0.4 is 0 Å². The molecule has 0 saturated heterocycles. The van der Waals surface area contributed by atoms with Gasteiger partial charge >= 0.3 is 5.97 Å².